The van der Waals surface area contributed by atoms with Crippen molar-refractivity contribution in [3.63, 3.8) is 0 Å². The Bertz CT molecular complexity index is 763. The second kappa shape index (κ2) is 12.5. The number of hydrogen-bond acceptors (Lipinski definition) is 6. The van der Waals surface area contributed by atoms with Crippen LogP contribution in [0.15, 0.2) is 11.5 Å². The molecular formula is C21H35BF3NO7P. The monoisotopic (exact) mass is 512 g/mol. The molecule has 1 saturated carbocycles. The van der Waals surface area contributed by atoms with Gasteiger partial charge in [0.25, 0.3) is 0 Å². The molecule has 13 heteroatoms. The number of halogens is 3. The van der Waals surface area contributed by atoms with E-state index in [1.165, 1.54) is 0 Å². The molecule has 1 heterocycles. The average molecular weight is 512 g/mol. The molecule has 0 spiro atoms. The molecule has 1 aliphatic carbocycles. The topological polar surface area (TPSA) is 139 Å². The number of carbonyl (C=O) groups is 1. The van der Waals surface area contributed by atoms with Gasteiger partial charge in [0.05, 0.1) is 37.4 Å². The molecule has 8 nitrogen and oxygen atoms in total. The van der Waals surface area contributed by atoms with Crippen LogP contribution in [-0.4, -0.2) is 65.6 Å². The van der Waals surface area contributed by atoms with Gasteiger partial charge in [-0.2, -0.15) is 13.2 Å². The fraction of sp³-hybridized carbons (Fsp3) is 0.857. The van der Waals surface area contributed by atoms with Crippen molar-refractivity contribution in [2.24, 2.45) is 17.6 Å². The number of hydrogen-bond donors (Lipinski definition) is 4. The van der Waals surface area contributed by atoms with E-state index >= 15 is 0 Å². The molecule has 5 atom stereocenters. The van der Waals surface area contributed by atoms with E-state index in [0.29, 0.717) is 19.3 Å². The molecule has 5 N–H and O–H groups in total. The minimum Gasteiger partial charge on any atom is -0.394 e. The number of alkyl halides is 3. The number of rotatable bonds is 12. The van der Waals surface area contributed by atoms with E-state index < -0.39 is 44.8 Å². The molecule has 34 heavy (non-hydrogen) atoms. The van der Waals surface area contributed by atoms with E-state index in [4.69, 9.17) is 20.3 Å². The van der Waals surface area contributed by atoms with Gasteiger partial charge in [-0.1, -0.05) is 5.57 Å². The van der Waals surface area contributed by atoms with E-state index in [9.17, 15) is 27.6 Å². The maximum atomic E-state index is 13.8. The smallest absolute Gasteiger partial charge is 0.394 e. The largest absolute Gasteiger partial charge is 0.469 e. The van der Waals surface area contributed by atoms with Crippen molar-refractivity contribution in [1.29, 1.82) is 0 Å². The van der Waals surface area contributed by atoms with E-state index in [0.717, 1.165) is 12.0 Å². The quantitative estimate of drug-likeness (QED) is 0.231. The van der Waals surface area contributed by atoms with Gasteiger partial charge in [-0.25, -0.2) is 4.57 Å². The molecule has 0 saturated heterocycles. The molecule has 1 fully saturated rings. The lowest BCUT2D eigenvalue weighted by Gasteiger charge is -2.38. The van der Waals surface area contributed by atoms with Crippen LogP contribution in [0.4, 0.5) is 13.2 Å². The van der Waals surface area contributed by atoms with Crippen LogP contribution in [0.2, 0.25) is 5.82 Å². The maximum Gasteiger partial charge on any atom is 0.469 e. The summed E-state index contributed by atoms with van der Waals surface area (Å²) in [6.07, 6.45) is -2.45. The molecule has 0 aromatic heterocycles. The molecule has 0 aromatic carbocycles. The molecule has 2 rings (SSSR count). The molecule has 1 aliphatic heterocycles. The third kappa shape index (κ3) is 9.72. The molecule has 0 bridgehead atoms. The van der Waals surface area contributed by atoms with Gasteiger partial charge in [-0.3, -0.25) is 4.52 Å². The molecule has 0 amide bonds. The van der Waals surface area contributed by atoms with E-state index in [-0.39, 0.29) is 49.8 Å². The average Bonchev–Trinajstić information content (AvgIpc) is 2.76. The number of aliphatic hydroxyl groups excluding tert-OH is 1. The SMILES string of the molecule is CC(=O)[C@H]1[B]C=C(CCOC2CCC(CCC(N)(CO)COP(=O)(O)O)C[C@@H]2C(F)(F)F)CC1. The van der Waals surface area contributed by atoms with Gasteiger partial charge in [0, 0.05) is 0 Å². The number of aliphatic hydroxyl groups is 1. The predicted molar refractivity (Wildman–Crippen MR) is 120 cm³/mol. The highest BCUT2D eigenvalue weighted by Gasteiger charge is 2.48. The predicted octanol–water partition coefficient (Wildman–Crippen LogP) is 3.08. The number of carbonyl (C=O) groups excluding carboxylic acids is 1. The third-order valence-corrected chi connectivity index (χ3v) is 7.28. The summed E-state index contributed by atoms with van der Waals surface area (Å²) in [6.45, 7) is 0.511. The van der Waals surface area contributed by atoms with Gasteiger partial charge < -0.3 is 30.2 Å². The highest BCUT2D eigenvalue weighted by Crippen LogP contribution is 2.44. The normalized spacial score (nSPS) is 28.1. The van der Waals surface area contributed by atoms with Crippen LogP contribution in [0.25, 0.3) is 0 Å². The molecule has 0 aromatic rings. The first-order chi connectivity index (χ1) is 15.7. The Morgan fingerprint density at radius 3 is 2.53 bits per heavy atom. The fourth-order valence-corrected chi connectivity index (χ4v) is 5.02. The van der Waals surface area contributed by atoms with Crippen LogP contribution in [0.5, 0.6) is 0 Å². The summed E-state index contributed by atoms with van der Waals surface area (Å²) in [4.78, 5) is 29.1. The summed E-state index contributed by atoms with van der Waals surface area (Å²) in [5.74, 6) is -0.0244. The van der Waals surface area contributed by atoms with Gasteiger partial charge in [-0.15, -0.1) is 5.98 Å². The Kier molecular flexibility index (Phi) is 10.8. The zero-order valence-corrected chi connectivity index (χ0v) is 20.3. The fourth-order valence-electron chi connectivity index (χ4n) is 4.60. The molecule has 2 aliphatic rings. The van der Waals surface area contributed by atoms with Crippen LogP contribution < -0.4 is 5.73 Å². The van der Waals surface area contributed by atoms with E-state index in [1.54, 1.807) is 6.92 Å². The molecule has 195 valence electrons. The number of Topliss-reactive ketones (excluding diaryl/α,β-unsaturated/α-hetero) is 1. The third-order valence-electron chi connectivity index (χ3n) is 6.82. The maximum absolute atomic E-state index is 13.8. The van der Waals surface area contributed by atoms with Crippen LogP contribution in [0.3, 0.4) is 0 Å². The lowest BCUT2D eigenvalue weighted by atomic mass is 9.56. The Labute approximate surface area is 198 Å². The summed E-state index contributed by atoms with van der Waals surface area (Å²) in [7, 11) is -2.93. The van der Waals surface area contributed by atoms with Gasteiger partial charge in [0.2, 0.25) is 0 Å². The van der Waals surface area contributed by atoms with Crippen LogP contribution in [0.1, 0.15) is 58.3 Å². The standard InChI is InChI=1S/C21H35BF3NO7P/c1-14(28)18-4-2-16(11-22-18)7-9-32-19-5-3-15(10-17(19)21(23,24)25)6-8-20(26,12-27)13-33-34(29,30)31/h11,15,17-19,27H,2-10,12-13,26H2,1H3,(H2,29,30,31)/t15?,17-,18-,19?,20?/m0/s1. The van der Waals surface area contributed by atoms with Gasteiger partial charge in [-0.05, 0) is 70.0 Å². The van der Waals surface area contributed by atoms with Crippen molar-refractivity contribution in [3.05, 3.63) is 11.5 Å². The zero-order chi connectivity index (χ0) is 25.6. The summed E-state index contributed by atoms with van der Waals surface area (Å²) in [6, 6.07) is 0. The summed E-state index contributed by atoms with van der Waals surface area (Å²) < 4.78 is 62.2. The summed E-state index contributed by atoms with van der Waals surface area (Å²) in [5, 5.41) is 9.50. The van der Waals surface area contributed by atoms with Crippen molar-refractivity contribution in [1.82, 2.24) is 0 Å². The lowest BCUT2D eigenvalue weighted by Crippen LogP contribution is -2.48. The Morgan fingerprint density at radius 1 is 1.29 bits per heavy atom. The second-order valence-electron chi connectivity index (χ2n) is 9.58. The van der Waals surface area contributed by atoms with Crippen molar-refractivity contribution in [3.8, 4) is 0 Å². The lowest BCUT2D eigenvalue weighted by molar-refractivity contribution is -0.220. The van der Waals surface area contributed by atoms with Crippen molar-refractivity contribution in [2.45, 2.75) is 81.9 Å². The van der Waals surface area contributed by atoms with E-state index in [2.05, 4.69) is 4.52 Å². The van der Waals surface area contributed by atoms with Gasteiger partial charge in [0.1, 0.15) is 5.78 Å². The van der Waals surface area contributed by atoms with Crippen molar-refractivity contribution >= 4 is 20.9 Å². The Balaban J connectivity index is 1.86. The van der Waals surface area contributed by atoms with Gasteiger partial charge >= 0.3 is 14.0 Å². The summed E-state index contributed by atoms with van der Waals surface area (Å²) >= 11 is 0. The second-order valence-corrected chi connectivity index (χ2v) is 10.8. The number of ether oxygens (including phenoxy) is 1. The minimum absolute atomic E-state index is 0.0657. The minimum atomic E-state index is -4.78. The highest BCUT2D eigenvalue weighted by molar-refractivity contribution is 7.46. The van der Waals surface area contributed by atoms with Crippen LogP contribution in [0, 0.1) is 11.8 Å². The van der Waals surface area contributed by atoms with Gasteiger partial charge in [0.15, 0.2) is 7.28 Å². The number of phosphoric ester groups is 1. The zero-order valence-electron chi connectivity index (χ0n) is 19.4. The first-order valence-corrected chi connectivity index (χ1v) is 13.1. The number of ketones is 1. The number of phosphoric acid groups is 1. The van der Waals surface area contributed by atoms with E-state index in [1.807, 2.05) is 13.3 Å². The Morgan fingerprint density at radius 2 is 2.00 bits per heavy atom. The highest BCUT2D eigenvalue weighted by atomic mass is 31.2. The molecule has 3 unspecified atom stereocenters. The van der Waals surface area contributed by atoms with Crippen molar-refractivity contribution in [2.75, 3.05) is 19.8 Å². The number of nitrogens with two attached hydrogens (primary N) is 1. The first kappa shape index (κ1) is 29.5. The molecular weight excluding hydrogens is 477 g/mol. The van der Waals surface area contributed by atoms with Crippen LogP contribution in [-0.2, 0) is 18.6 Å². The first-order valence-electron chi connectivity index (χ1n) is 11.5. The molecule has 1 radical (unpaired) electrons. The van der Waals surface area contributed by atoms with Crippen molar-refractivity contribution < 1.29 is 46.7 Å². The van der Waals surface area contributed by atoms with Crippen LogP contribution >= 0.6 is 7.82 Å². The summed E-state index contributed by atoms with van der Waals surface area (Å²) in [5.41, 5.74) is 5.55. The Hall–Kier alpha value is -0.745.